The predicted molar refractivity (Wildman–Crippen MR) is 111 cm³/mol. The van der Waals surface area contributed by atoms with Crippen molar-refractivity contribution in [3.8, 4) is 0 Å². The van der Waals surface area contributed by atoms with Crippen LogP contribution in [0.3, 0.4) is 0 Å². The molecule has 2 fully saturated rings. The van der Waals surface area contributed by atoms with Gasteiger partial charge in [-0.1, -0.05) is 31.4 Å². The highest BCUT2D eigenvalue weighted by Gasteiger charge is 2.39. The average molecular weight is 404 g/mol. The number of hydrogen-bond donors (Lipinski definition) is 2. The fourth-order valence-electron chi connectivity index (χ4n) is 4.58. The summed E-state index contributed by atoms with van der Waals surface area (Å²) in [7, 11) is 0. The number of hydrogen-bond acceptors (Lipinski definition) is 5. The maximum Gasteiger partial charge on any atom is 0.238 e. The van der Waals surface area contributed by atoms with Gasteiger partial charge in [0.15, 0.2) is 0 Å². The lowest BCUT2D eigenvalue weighted by Crippen LogP contribution is -2.59. The van der Waals surface area contributed by atoms with E-state index in [2.05, 4.69) is 15.5 Å². The molecule has 2 aliphatic heterocycles. The maximum atomic E-state index is 12.7. The third-order valence-electron chi connectivity index (χ3n) is 6.16. The van der Waals surface area contributed by atoms with Gasteiger partial charge in [0, 0.05) is 36.5 Å². The molecule has 152 valence electrons. The molecule has 3 aliphatic rings. The van der Waals surface area contributed by atoms with E-state index < -0.39 is 0 Å². The van der Waals surface area contributed by atoms with E-state index in [1.54, 1.807) is 0 Å². The summed E-state index contributed by atoms with van der Waals surface area (Å²) in [5, 5.41) is 5.71. The van der Waals surface area contributed by atoms with Gasteiger partial charge in [-0.05, 0) is 25.0 Å². The molecule has 1 saturated carbocycles. The summed E-state index contributed by atoms with van der Waals surface area (Å²) in [5.41, 5.74) is 0.884. The lowest BCUT2D eigenvalue weighted by Gasteiger charge is -2.48. The van der Waals surface area contributed by atoms with Gasteiger partial charge in [0.1, 0.15) is 0 Å². The smallest absolute Gasteiger partial charge is 0.238 e. The van der Waals surface area contributed by atoms with Crippen LogP contribution in [0.15, 0.2) is 29.2 Å². The Balaban J connectivity index is 1.35. The molecule has 1 aliphatic carbocycles. The third kappa shape index (κ3) is 4.36. The summed E-state index contributed by atoms with van der Waals surface area (Å²) in [6, 6.07) is 7.74. The van der Waals surface area contributed by atoms with Gasteiger partial charge in [-0.2, -0.15) is 0 Å². The van der Waals surface area contributed by atoms with E-state index in [1.807, 2.05) is 24.3 Å². The molecule has 4 rings (SSSR count). The molecule has 1 aromatic rings. The summed E-state index contributed by atoms with van der Waals surface area (Å²) >= 11 is 1.48. The second-order valence-corrected chi connectivity index (χ2v) is 9.20. The molecule has 28 heavy (non-hydrogen) atoms. The molecule has 0 unspecified atom stereocenters. The summed E-state index contributed by atoms with van der Waals surface area (Å²) in [6.07, 6.45) is 6.16. The number of nitrogens with one attached hydrogen (secondary N) is 2. The number of fused-ring (bicyclic) bond motifs is 1. The SMILES string of the molecule is O=C(C[C@@H]1Sc2ccccc2NC1=O)NCC1(N2CCOCC2)CCCCC1. The van der Waals surface area contributed by atoms with Gasteiger partial charge in [-0.25, -0.2) is 0 Å². The second kappa shape index (κ2) is 8.84. The molecule has 0 bridgehead atoms. The van der Waals surface area contributed by atoms with Crippen LogP contribution in [0.2, 0.25) is 0 Å². The van der Waals surface area contributed by atoms with Crippen LogP contribution in [-0.4, -0.2) is 60.4 Å². The number of carbonyl (C=O) groups is 2. The van der Waals surface area contributed by atoms with Crippen LogP contribution in [0.4, 0.5) is 5.69 Å². The van der Waals surface area contributed by atoms with E-state index >= 15 is 0 Å². The van der Waals surface area contributed by atoms with Crippen molar-refractivity contribution in [1.29, 1.82) is 0 Å². The minimum atomic E-state index is -0.374. The third-order valence-corrected chi connectivity index (χ3v) is 7.43. The van der Waals surface area contributed by atoms with Gasteiger partial charge in [0.25, 0.3) is 0 Å². The van der Waals surface area contributed by atoms with Crippen molar-refractivity contribution in [2.24, 2.45) is 0 Å². The van der Waals surface area contributed by atoms with Crippen molar-refractivity contribution in [1.82, 2.24) is 10.2 Å². The van der Waals surface area contributed by atoms with Crippen molar-refractivity contribution in [2.45, 2.75) is 54.2 Å². The fraction of sp³-hybridized carbons (Fsp3) is 0.619. The minimum absolute atomic E-state index is 0.0368. The second-order valence-electron chi connectivity index (χ2n) is 7.96. The van der Waals surface area contributed by atoms with Crippen LogP contribution < -0.4 is 10.6 Å². The number of nitrogens with zero attached hydrogens (tertiary/aromatic N) is 1. The highest BCUT2D eigenvalue weighted by atomic mass is 32.2. The molecule has 6 nitrogen and oxygen atoms in total. The van der Waals surface area contributed by atoms with Gasteiger partial charge in [-0.3, -0.25) is 14.5 Å². The molecule has 1 saturated heterocycles. The fourth-order valence-corrected chi connectivity index (χ4v) is 5.69. The van der Waals surface area contributed by atoms with Crippen molar-refractivity contribution in [3.63, 3.8) is 0 Å². The van der Waals surface area contributed by atoms with Crippen LogP contribution in [-0.2, 0) is 14.3 Å². The zero-order valence-electron chi connectivity index (χ0n) is 16.2. The van der Waals surface area contributed by atoms with Gasteiger partial charge in [0.05, 0.1) is 24.2 Å². The topological polar surface area (TPSA) is 70.7 Å². The van der Waals surface area contributed by atoms with E-state index in [1.165, 1.54) is 31.0 Å². The van der Waals surface area contributed by atoms with E-state index in [0.717, 1.165) is 49.7 Å². The summed E-state index contributed by atoms with van der Waals surface area (Å²) in [4.78, 5) is 28.6. The zero-order chi connectivity index (χ0) is 19.4. The molecule has 0 spiro atoms. The molecule has 1 aromatic carbocycles. The Morgan fingerprint density at radius 3 is 2.75 bits per heavy atom. The average Bonchev–Trinajstić information content (AvgIpc) is 2.74. The number of amides is 2. The van der Waals surface area contributed by atoms with E-state index in [4.69, 9.17) is 4.74 Å². The Hall–Kier alpha value is -1.57. The van der Waals surface area contributed by atoms with E-state index in [0.29, 0.717) is 6.54 Å². The number of ether oxygens (including phenoxy) is 1. The van der Waals surface area contributed by atoms with Crippen LogP contribution in [0.5, 0.6) is 0 Å². The first-order chi connectivity index (χ1) is 13.7. The van der Waals surface area contributed by atoms with Crippen molar-refractivity contribution >= 4 is 29.3 Å². The van der Waals surface area contributed by atoms with Crippen LogP contribution >= 0.6 is 11.8 Å². The molecule has 0 aromatic heterocycles. The van der Waals surface area contributed by atoms with Crippen LogP contribution in [0, 0.1) is 0 Å². The molecule has 2 amide bonds. The Morgan fingerprint density at radius 1 is 1.21 bits per heavy atom. The Morgan fingerprint density at radius 2 is 1.96 bits per heavy atom. The molecule has 2 heterocycles. The summed E-state index contributed by atoms with van der Waals surface area (Å²) in [6.45, 7) is 4.09. The van der Waals surface area contributed by atoms with Gasteiger partial charge in [0.2, 0.25) is 11.8 Å². The van der Waals surface area contributed by atoms with Gasteiger partial charge >= 0.3 is 0 Å². The number of morpholine rings is 1. The number of rotatable bonds is 5. The molecule has 1 atom stereocenters. The number of para-hydroxylation sites is 1. The number of carbonyl (C=O) groups excluding carboxylic acids is 2. The molecular weight excluding hydrogens is 374 g/mol. The molecule has 7 heteroatoms. The Kier molecular flexibility index (Phi) is 6.23. The lowest BCUT2D eigenvalue weighted by atomic mass is 9.79. The van der Waals surface area contributed by atoms with Crippen molar-refractivity contribution in [2.75, 3.05) is 38.2 Å². The van der Waals surface area contributed by atoms with Gasteiger partial charge < -0.3 is 15.4 Å². The monoisotopic (exact) mass is 403 g/mol. The summed E-state index contributed by atoms with van der Waals surface area (Å²) < 4.78 is 5.53. The molecule has 2 N–H and O–H groups in total. The first-order valence-corrected chi connectivity index (χ1v) is 11.2. The highest BCUT2D eigenvalue weighted by molar-refractivity contribution is 8.01. The first-order valence-electron chi connectivity index (χ1n) is 10.3. The van der Waals surface area contributed by atoms with Gasteiger partial charge in [-0.15, -0.1) is 11.8 Å². The first kappa shape index (κ1) is 19.7. The molecule has 0 radical (unpaired) electrons. The highest BCUT2D eigenvalue weighted by Crippen LogP contribution is 2.37. The quantitative estimate of drug-likeness (QED) is 0.791. The van der Waals surface area contributed by atoms with Crippen molar-refractivity contribution in [3.05, 3.63) is 24.3 Å². The largest absolute Gasteiger partial charge is 0.379 e. The van der Waals surface area contributed by atoms with Crippen molar-refractivity contribution < 1.29 is 14.3 Å². The Bertz CT molecular complexity index is 715. The van der Waals surface area contributed by atoms with Crippen LogP contribution in [0.25, 0.3) is 0 Å². The normalized spacial score (nSPS) is 24.9. The number of benzene rings is 1. The Labute approximate surface area is 170 Å². The summed E-state index contributed by atoms with van der Waals surface area (Å²) in [5.74, 6) is -0.121. The zero-order valence-corrected chi connectivity index (χ0v) is 17.1. The van der Waals surface area contributed by atoms with E-state index in [9.17, 15) is 9.59 Å². The lowest BCUT2D eigenvalue weighted by molar-refractivity contribution is -0.125. The number of anilines is 1. The maximum absolute atomic E-state index is 12.7. The van der Waals surface area contributed by atoms with Crippen LogP contribution in [0.1, 0.15) is 38.5 Å². The predicted octanol–water partition coefficient (Wildman–Crippen LogP) is 2.64. The standard InChI is InChI=1S/C21H29N3O3S/c25-19(14-18-20(26)23-16-6-2-3-7-17(16)28-18)22-15-21(8-4-1-5-9-21)24-10-12-27-13-11-24/h2-3,6-7,18H,1,4-5,8-15H2,(H,22,25)(H,23,26)/t18-/m0/s1. The molecular formula is C21H29N3O3S. The minimum Gasteiger partial charge on any atom is -0.379 e. The number of thioether (sulfide) groups is 1. The van der Waals surface area contributed by atoms with E-state index in [-0.39, 0.29) is 29.0 Å².